The van der Waals surface area contributed by atoms with Gasteiger partial charge in [0, 0.05) is 0 Å². The molecular weight excluding hydrogens is 279 g/mol. The van der Waals surface area contributed by atoms with Crippen molar-refractivity contribution < 1.29 is 9.18 Å². The van der Waals surface area contributed by atoms with Crippen LogP contribution in [0.4, 0.5) is 4.39 Å². The number of hydrogen-bond donors (Lipinski definition) is 0. The standard InChI is InChI=1S/C18H21FOSi/c1-18(2,3)21(17(20)14-19,15-10-6-4-7-11-15)16-12-8-5-9-13-16/h4-13H,14H2,1-3H3. The molecule has 2 aromatic rings. The van der Waals surface area contributed by atoms with Crippen LogP contribution in [-0.2, 0) is 4.79 Å². The zero-order valence-corrected chi connectivity index (χ0v) is 13.8. The summed E-state index contributed by atoms with van der Waals surface area (Å²) in [4.78, 5) is 12.8. The minimum Gasteiger partial charge on any atom is -0.302 e. The minimum absolute atomic E-state index is 0.257. The van der Waals surface area contributed by atoms with Gasteiger partial charge in [-0.3, -0.25) is 0 Å². The fraction of sp³-hybridized carbons (Fsp3) is 0.278. The smallest absolute Gasteiger partial charge is 0.202 e. The minimum atomic E-state index is -2.87. The van der Waals surface area contributed by atoms with Crippen molar-refractivity contribution in [2.45, 2.75) is 25.8 Å². The largest absolute Gasteiger partial charge is 0.302 e. The molecule has 0 heterocycles. The maximum atomic E-state index is 13.5. The molecule has 3 heteroatoms. The van der Waals surface area contributed by atoms with Gasteiger partial charge in [-0.25, -0.2) is 4.39 Å². The molecule has 0 aliphatic rings. The second-order valence-electron chi connectivity index (χ2n) is 6.29. The monoisotopic (exact) mass is 300 g/mol. The van der Waals surface area contributed by atoms with E-state index in [0.29, 0.717) is 0 Å². The van der Waals surface area contributed by atoms with Crippen molar-refractivity contribution >= 4 is 23.9 Å². The van der Waals surface area contributed by atoms with Crippen LogP contribution in [0.1, 0.15) is 20.8 Å². The predicted octanol–water partition coefficient (Wildman–Crippen LogP) is 3.13. The number of rotatable bonds is 4. The molecule has 0 aliphatic heterocycles. The lowest BCUT2D eigenvalue weighted by molar-refractivity contribution is -0.113. The molecule has 0 unspecified atom stereocenters. The summed E-state index contributed by atoms with van der Waals surface area (Å²) in [5.41, 5.74) is 0. The van der Waals surface area contributed by atoms with E-state index in [1.54, 1.807) is 0 Å². The molecule has 0 amide bonds. The van der Waals surface area contributed by atoms with Crippen LogP contribution >= 0.6 is 0 Å². The Labute approximate surface area is 126 Å². The summed E-state index contributed by atoms with van der Waals surface area (Å²) in [5.74, 6) is 0. The first-order valence-corrected chi connectivity index (χ1v) is 9.15. The zero-order valence-electron chi connectivity index (χ0n) is 12.8. The maximum Gasteiger partial charge on any atom is 0.202 e. The van der Waals surface area contributed by atoms with Crippen molar-refractivity contribution in [2.75, 3.05) is 6.67 Å². The molecule has 0 N–H and O–H groups in total. The first-order valence-electron chi connectivity index (χ1n) is 7.15. The van der Waals surface area contributed by atoms with Gasteiger partial charge < -0.3 is 4.79 Å². The molecule has 2 rings (SSSR count). The molecule has 1 nitrogen and oxygen atoms in total. The van der Waals surface area contributed by atoms with E-state index in [9.17, 15) is 9.18 Å². The summed E-state index contributed by atoms with van der Waals surface area (Å²) in [7, 11) is -2.87. The number of halogens is 1. The van der Waals surface area contributed by atoms with E-state index in [-0.39, 0.29) is 10.4 Å². The Morgan fingerprint density at radius 3 is 1.57 bits per heavy atom. The van der Waals surface area contributed by atoms with E-state index < -0.39 is 14.7 Å². The first-order chi connectivity index (χ1) is 9.94. The van der Waals surface area contributed by atoms with Crippen molar-refractivity contribution in [3.05, 3.63) is 60.7 Å². The highest BCUT2D eigenvalue weighted by molar-refractivity contribution is 7.24. The van der Waals surface area contributed by atoms with Gasteiger partial charge in [-0.05, 0) is 15.4 Å². The molecule has 0 atom stereocenters. The molecule has 0 aliphatic carbocycles. The van der Waals surface area contributed by atoms with E-state index in [1.807, 2.05) is 81.4 Å². The maximum absolute atomic E-state index is 13.5. The van der Waals surface area contributed by atoms with Crippen LogP contribution in [0.25, 0.3) is 0 Å². The van der Waals surface area contributed by atoms with Crippen LogP contribution < -0.4 is 10.4 Å². The number of carbonyl (C=O) groups excluding carboxylic acids is 1. The Morgan fingerprint density at radius 2 is 1.29 bits per heavy atom. The molecule has 0 saturated heterocycles. The summed E-state index contributed by atoms with van der Waals surface area (Å²) in [6, 6.07) is 19.4. The highest BCUT2D eigenvalue weighted by Crippen LogP contribution is 2.36. The van der Waals surface area contributed by atoms with Crippen molar-refractivity contribution in [1.82, 2.24) is 0 Å². The summed E-state index contributed by atoms with van der Waals surface area (Å²) in [6.45, 7) is 5.24. The summed E-state index contributed by atoms with van der Waals surface area (Å²) < 4.78 is 13.5. The van der Waals surface area contributed by atoms with Gasteiger partial charge in [-0.15, -0.1) is 0 Å². The Kier molecular flexibility index (Phi) is 4.42. The van der Waals surface area contributed by atoms with Crippen LogP contribution in [0.15, 0.2) is 60.7 Å². The molecular formula is C18H21FOSi. The SMILES string of the molecule is CC(C)(C)[Si](C(=O)CF)(c1ccccc1)c1ccccc1. The third-order valence-electron chi connectivity index (χ3n) is 4.08. The Morgan fingerprint density at radius 1 is 0.905 bits per heavy atom. The number of hydrogen-bond acceptors (Lipinski definition) is 1. The topological polar surface area (TPSA) is 17.1 Å². The summed E-state index contributed by atoms with van der Waals surface area (Å²) in [6.07, 6.45) is 0. The Bertz CT molecular complexity index is 563. The molecule has 0 bridgehead atoms. The number of benzene rings is 2. The molecule has 0 spiro atoms. The van der Waals surface area contributed by atoms with E-state index >= 15 is 0 Å². The molecule has 0 saturated carbocycles. The second kappa shape index (κ2) is 5.94. The Hall–Kier alpha value is -1.74. The van der Waals surface area contributed by atoms with Crippen LogP contribution in [0, 0.1) is 0 Å². The molecule has 110 valence electrons. The summed E-state index contributed by atoms with van der Waals surface area (Å²) in [5, 5.41) is 1.39. The quantitative estimate of drug-likeness (QED) is 0.793. The van der Waals surface area contributed by atoms with E-state index in [0.717, 1.165) is 10.4 Å². The zero-order chi connectivity index (χ0) is 15.5. The predicted molar refractivity (Wildman–Crippen MR) is 88.6 cm³/mol. The molecule has 0 aromatic heterocycles. The van der Waals surface area contributed by atoms with E-state index in [1.165, 1.54) is 0 Å². The highest BCUT2D eigenvalue weighted by Gasteiger charge is 2.53. The van der Waals surface area contributed by atoms with E-state index in [4.69, 9.17) is 0 Å². The van der Waals surface area contributed by atoms with E-state index in [2.05, 4.69) is 0 Å². The van der Waals surface area contributed by atoms with Gasteiger partial charge in [-0.1, -0.05) is 81.4 Å². The highest BCUT2D eigenvalue weighted by atomic mass is 28.3. The van der Waals surface area contributed by atoms with Crippen LogP contribution in [0.5, 0.6) is 0 Å². The van der Waals surface area contributed by atoms with Crippen molar-refractivity contribution in [3.8, 4) is 0 Å². The lowest BCUT2D eigenvalue weighted by Crippen LogP contribution is -2.70. The fourth-order valence-electron chi connectivity index (χ4n) is 3.25. The van der Waals surface area contributed by atoms with Crippen LogP contribution in [0.2, 0.25) is 5.04 Å². The second-order valence-corrected chi connectivity index (χ2v) is 11.0. The average Bonchev–Trinajstić information content (AvgIpc) is 2.48. The molecule has 21 heavy (non-hydrogen) atoms. The van der Waals surface area contributed by atoms with Gasteiger partial charge in [0.2, 0.25) is 8.07 Å². The number of carbonyl (C=O) groups is 1. The molecule has 2 aromatic carbocycles. The third kappa shape index (κ3) is 2.58. The van der Waals surface area contributed by atoms with Crippen molar-refractivity contribution in [3.63, 3.8) is 0 Å². The first kappa shape index (κ1) is 15.6. The van der Waals surface area contributed by atoms with Crippen LogP contribution in [-0.4, -0.2) is 20.2 Å². The van der Waals surface area contributed by atoms with Gasteiger partial charge >= 0.3 is 0 Å². The summed E-state index contributed by atoms with van der Waals surface area (Å²) >= 11 is 0. The third-order valence-corrected chi connectivity index (χ3v) is 9.70. The average molecular weight is 300 g/mol. The van der Waals surface area contributed by atoms with Gasteiger partial charge in [-0.2, -0.15) is 0 Å². The van der Waals surface area contributed by atoms with Gasteiger partial charge in [0.05, 0.1) is 0 Å². The normalized spacial score (nSPS) is 12.2. The van der Waals surface area contributed by atoms with Crippen molar-refractivity contribution in [1.29, 1.82) is 0 Å². The van der Waals surface area contributed by atoms with Crippen molar-refractivity contribution in [2.24, 2.45) is 0 Å². The van der Waals surface area contributed by atoms with Gasteiger partial charge in [0.1, 0.15) is 6.67 Å². The number of alkyl halides is 1. The lowest BCUT2D eigenvalue weighted by Gasteiger charge is -2.41. The molecule has 0 radical (unpaired) electrons. The van der Waals surface area contributed by atoms with Crippen LogP contribution in [0.3, 0.4) is 0 Å². The van der Waals surface area contributed by atoms with Gasteiger partial charge in [0.25, 0.3) is 0 Å². The van der Waals surface area contributed by atoms with Gasteiger partial charge in [0.15, 0.2) is 5.41 Å². The fourth-order valence-corrected chi connectivity index (χ4v) is 8.38. The Balaban J connectivity index is 2.82. The lowest BCUT2D eigenvalue weighted by atomic mass is 10.2. The molecule has 0 fully saturated rings.